The number of ether oxygens (including phenoxy) is 1. The minimum Gasteiger partial charge on any atom is -0.465 e. The molecule has 8 nitrogen and oxygen atoms in total. The molecule has 0 aliphatic heterocycles. The Morgan fingerprint density at radius 2 is 1.83 bits per heavy atom. The molecule has 8 heteroatoms. The molecule has 0 aliphatic carbocycles. The van der Waals surface area contributed by atoms with Crippen LogP contribution < -0.4 is 11.0 Å². The summed E-state index contributed by atoms with van der Waals surface area (Å²) in [5.74, 6) is -1.05. The van der Waals surface area contributed by atoms with Crippen LogP contribution in [0.4, 0.5) is 0 Å². The smallest absolute Gasteiger partial charge is 0.338 e. The first-order valence-corrected chi connectivity index (χ1v) is 9.57. The normalized spacial score (nSPS) is 11.0. The first-order valence-electron chi connectivity index (χ1n) is 9.57. The Morgan fingerprint density at radius 1 is 1.13 bits per heavy atom. The summed E-state index contributed by atoms with van der Waals surface area (Å²) in [5, 5.41) is 9.10. The maximum Gasteiger partial charge on any atom is 0.338 e. The quantitative estimate of drug-likeness (QED) is 0.369. The molecule has 1 N–H and O–H groups in total. The van der Waals surface area contributed by atoms with Crippen LogP contribution in [0.5, 0.6) is 0 Å². The number of aryl methyl sites for hydroxylation is 1. The molecule has 1 amide bonds. The molecule has 0 bridgehead atoms. The van der Waals surface area contributed by atoms with Crippen LogP contribution in [0.15, 0.2) is 58.4 Å². The molecule has 0 atom stereocenters. The number of fused-ring (bicyclic) bond motifs is 1. The minimum atomic E-state index is -0.553. The number of carbonyl (C=O) groups is 2. The topological polar surface area (TPSA) is 103 Å². The van der Waals surface area contributed by atoms with Gasteiger partial charge in [-0.3, -0.25) is 9.59 Å². The molecule has 0 radical (unpaired) electrons. The molecule has 0 unspecified atom stereocenters. The highest BCUT2D eigenvalue weighted by molar-refractivity contribution is 6.05. The summed E-state index contributed by atoms with van der Waals surface area (Å²) < 4.78 is 6.06. The Balaban J connectivity index is 1.91. The molecule has 0 aliphatic rings. The Hall–Kier alpha value is -3.81. The third-order valence-electron chi connectivity index (χ3n) is 4.54. The number of unbranched alkanes of at least 4 members (excludes halogenated alkanes) is 1. The van der Waals surface area contributed by atoms with Crippen LogP contribution in [0.25, 0.3) is 10.8 Å². The number of amides is 1. The molecule has 0 saturated heterocycles. The van der Waals surface area contributed by atoms with Crippen LogP contribution in [0.3, 0.4) is 0 Å². The number of aromatic nitrogens is 2. The van der Waals surface area contributed by atoms with Crippen molar-refractivity contribution >= 4 is 28.9 Å². The fourth-order valence-corrected chi connectivity index (χ4v) is 2.98. The van der Waals surface area contributed by atoms with Crippen molar-refractivity contribution in [2.75, 3.05) is 7.11 Å². The second-order valence-electron chi connectivity index (χ2n) is 6.55. The number of hydrogen-bond donors (Lipinski definition) is 1. The Kier molecular flexibility index (Phi) is 6.69. The van der Waals surface area contributed by atoms with Crippen LogP contribution in [-0.2, 0) is 11.3 Å². The highest BCUT2D eigenvalue weighted by Crippen LogP contribution is 2.13. The van der Waals surface area contributed by atoms with E-state index in [1.165, 1.54) is 18.0 Å². The molecule has 1 heterocycles. The van der Waals surface area contributed by atoms with Gasteiger partial charge < -0.3 is 4.74 Å². The SMILES string of the molecule is CCCCn1nc(C(=O)N/N=C\c2ccccc2C(=O)OC)c2ccccc2c1=O. The van der Waals surface area contributed by atoms with Crippen LogP contribution >= 0.6 is 0 Å². The second-order valence-corrected chi connectivity index (χ2v) is 6.55. The van der Waals surface area contributed by atoms with Gasteiger partial charge in [0.2, 0.25) is 0 Å². The minimum absolute atomic E-state index is 0.111. The van der Waals surface area contributed by atoms with Crippen molar-refractivity contribution in [1.82, 2.24) is 15.2 Å². The maximum absolute atomic E-state index is 12.8. The number of esters is 1. The van der Waals surface area contributed by atoms with Crippen molar-refractivity contribution in [2.45, 2.75) is 26.3 Å². The summed E-state index contributed by atoms with van der Waals surface area (Å²) in [5.41, 5.74) is 3.13. The van der Waals surface area contributed by atoms with Gasteiger partial charge in [-0.05, 0) is 18.6 Å². The third-order valence-corrected chi connectivity index (χ3v) is 4.54. The fraction of sp³-hybridized carbons (Fsp3) is 0.227. The zero-order chi connectivity index (χ0) is 21.5. The number of nitrogens with zero attached hydrogens (tertiary/aromatic N) is 3. The molecule has 0 fully saturated rings. The van der Waals surface area contributed by atoms with E-state index in [-0.39, 0.29) is 11.3 Å². The molecular formula is C22H22N4O4. The number of methoxy groups -OCH3 is 1. The monoisotopic (exact) mass is 406 g/mol. The number of hydrogen-bond acceptors (Lipinski definition) is 6. The van der Waals surface area contributed by atoms with Crippen LogP contribution in [0, 0.1) is 0 Å². The number of benzene rings is 2. The molecule has 3 aromatic rings. The highest BCUT2D eigenvalue weighted by Gasteiger charge is 2.16. The van der Waals surface area contributed by atoms with Crippen molar-refractivity contribution in [1.29, 1.82) is 0 Å². The van der Waals surface area contributed by atoms with Gasteiger partial charge in [-0.15, -0.1) is 0 Å². The van der Waals surface area contributed by atoms with Gasteiger partial charge in [-0.1, -0.05) is 49.7 Å². The fourth-order valence-electron chi connectivity index (χ4n) is 2.98. The molecular weight excluding hydrogens is 384 g/mol. The maximum atomic E-state index is 12.8. The van der Waals surface area contributed by atoms with Crippen LogP contribution in [0.2, 0.25) is 0 Å². The lowest BCUT2D eigenvalue weighted by Crippen LogP contribution is -2.29. The lowest BCUT2D eigenvalue weighted by atomic mass is 10.1. The van der Waals surface area contributed by atoms with Crippen molar-refractivity contribution in [3.63, 3.8) is 0 Å². The Bertz CT molecular complexity index is 1170. The first kappa shape index (κ1) is 20.9. The van der Waals surface area contributed by atoms with E-state index >= 15 is 0 Å². The van der Waals surface area contributed by atoms with Gasteiger partial charge in [0.1, 0.15) is 0 Å². The summed E-state index contributed by atoms with van der Waals surface area (Å²) in [4.78, 5) is 37.2. The van der Waals surface area contributed by atoms with Crippen LogP contribution in [0.1, 0.15) is 46.2 Å². The number of hydrazone groups is 1. The predicted octanol–water partition coefficient (Wildman–Crippen LogP) is 2.75. The molecule has 30 heavy (non-hydrogen) atoms. The standard InChI is InChI=1S/C22H22N4O4/c1-3-4-13-26-21(28)18-12-8-7-11-17(18)19(25-26)20(27)24-23-14-15-9-5-6-10-16(15)22(29)30-2/h5-12,14H,3-4,13H2,1-2H3,(H,24,27)/b23-14-. The van der Waals surface area contributed by atoms with Crippen molar-refractivity contribution in [3.05, 3.63) is 75.7 Å². The van der Waals surface area contributed by atoms with Gasteiger partial charge in [0.15, 0.2) is 5.69 Å². The van der Waals surface area contributed by atoms with Gasteiger partial charge in [-0.25, -0.2) is 14.9 Å². The van der Waals surface area contributed by atoms with E-state index < -0.39 is 11.9 Å². The van der Waals surface area contributed by atoms with Crippen molar-refractivity contribution in [2.24, 2.45) is 5.10 Å². The Labute approximate surface area is 173 Å². The highest BCUT2D eigenvalue weighted by atomic mass is 16.5. The average Bonchev–Trinajstić information content (AvgIpc) is 2.78. The average molecular weight is 406 g/mol. The second kappa shape index (κ2) is 9.60. The van der Waals surface area contributed by atoms with E-state index in [1.807, 2.05) is 6.92 Å². The first-order chi connectivity index (χ1) is 14.6. The zero-order valence-electron chi connectivity index (χ0n) is 16.8. The van der Waals surface area contributed by atoms with Gasteiger partial charge >= 0.3 is 5.97 Å². The number of carbonyl (C=O) groups excluding carboxylic acids is 2. The van der Waals surface area contributed by atoms with Gasteiger partial charge in [0.05, 0.1) is 24.3 Å². The lowest BCUT2D eigenvalue weighted by Gasteiger charge is -2.09. The molecule has 154 valence electrons. The number of nitrogens with one attached hydrogen (secondary N) is 1. The summed E-state index contributed by atoms with van der Waals surface area (Å²) in [6, 6.07) is 13.6. The van der Waals surface area contributed by atoms with Crippen molar-refractivity contribution < 1.29 is 14.3 Å². The molecule has 0 saturated carbocycles. The summed E-state index contributed by atoms with van der Waals surface area (Å²) in [6.07, 6.45) is 3.03. The summed E-state index contributed by atoms with van der Waals surface area (Å²) in [7, 11) is 1.29. The number of rotatable bonds is 7. The van der Waals surface area contributed by atoms with Crippen molar-refractivity contribution in [3.8, 4) is 0 Å². The van der Waals surface area contributed by atoms with E-state index in [1.54, 1.807) is 48.5 Å². The van der Waals surface area contributed by atoms with E-state index in [9.17, 15) is 14.4 Å². The third kappa shape index (κ3) is 4.43. The zero-order valence-corrected chi connectivity index (χ0v) is 16.8. The van der Waals surface area contributed by atoms with E-state index in [2.05, 4.69) is 15.6 Å². The van der Waals surface area contributed by atoms with Gasteiger partial charge in [0, 0.05) is 17.5 Å². The summed E-state index contributed by atoms with van der Waals surface area (Å²) >= 11 is 0. The Morgan fingerprint density at radius 3 is 2.57 bits per heavy atom. The molecule has 0 spiro atoms. The van der Waals surface area contributed by atoms with Crippen LogP contribution in [-0.4, -0.2) is 35.0 Å². The van der Waals surface area contributed by atoms with E-state index in [0.29, 0.717) is 28.4 Å². The van der Waals surface area contributed by atoms with Gasteiger partial charge in [0.25, 0.3) is 11.5 Å². The molecule has 2 aromatic carbocycles. The predicted molar refractivity (Wildman–Crippen MR) is 114 cm³/mol. The lowest BCUT2D eigenvalue weighted by molar-refractivity contribution is 0.0600. The van der Waals surface area contributed by atoms with E-state index in [4.69, 9.17) is 4.74 Å². The van der Waals surface area contributed by atoms with Gasteiger partial charge in [-0.2, -0.15) is 10.2 Å². The van der Waals surface area contributed by atoms with E-state index in [0.717, 1.165) is 12.8 Å². The largest absolute Gasteiger partial charge is 0.465 e. The molecule has 1 aromatic heterocycles. The molecule has 3 rings (SSSR count). The summed E-state index contributed by atoms with van der Waals surface area (Å²) in [6.45, 7) is 2.44.